The zero-order valence-electron chi connectivity index (χ0n) is 12.5. The van der Waals surface area contributed by atoms with Crippen LogP contribution in [-0.4, -0.2) is 56.3 Å². The first kappa shape index (κ1) is 17.4. The Kier molecular flexibility index (Phi) is 7.66. The summed E-state index contributed by atoms with van der Waals surface area (Å²) in [4.78, 5) is 2.13. The van der Waals surface area contributed by atoms with E-state index in [1.807, 2.05) is 7.05 Å². The monoisotopic (exact) mass is 298 g/mol. The lowest BCUT2D eigenvalue weighted by Crippen LogP contribution is -2.31. The van der Waals surface area contributed by atoms with E-state index in [4.69, 9.17) is 15.7 Å². The molecule has 0 aliphatic carbocycles. The number of likely N-dealkylation sites (N-methyl/N-ethyl adjacent to an activating group) is 1. The minimum atomic E-state index is -0.376. The van der Waals surface area contributed by atoms with Crippen LogP contribution < -0.4 is 11.1 Å². The Morgan fingerprint density at radius 3 is 2.86 bits per heavy atom. The van der Waals surface area contributed by atoms with Crippen LogP contribution in [0.2, 0.25) is 0 Å². The van der Waals surface area contributed by atoms with Gasteiger partial charge in [-0.2, -0.15) is 0 Å². The van der Waals surface area contributed by atoms with E-state index >= 15 is 0 Å². The first-order valence-corrected chi connectivity index (χ1v) is 6.73. The standard InChI is InChI=1S/C14H23FN4O2/c1-19(7-8-21-2)6-5-17-10-12-4-3-11(9-13(12)15)14(16)18-20/h3-4,9,17,20H,5-8,10H2,1-2H3,(H2,16,18). The third-order valence-electron chi connectivity index (χ3n) is 3.12. The third kappa shape index (κ3) is 6.07. The van der Waals surface area contributed by atoms with Crippen molar-refractivity contribution in [3.05, 3.63) is 35.1 Å². The minimum Gasteiger partial charge on any atom is -0.409 e. The van der Waals surface area contributed by atoms with Gasteiger partial charge in [0.15, 0.2) is 5.84 Å². The van der Waals surface area contributed by atoms with E-state index in [0.717, 1.165) is 19.6 Å². The normalized spacial score (nSPS) is 12.1. The van der Waals surface area contributed by atoms with Crippen LogP contribution in [0.1, 0.15) is 11.1 Å². The van der Waals surface area contributed by atoms with Gasteiger partial charge in [-0.25, -0.2) is 4.39 Å². The van der Waals surface area contributed by atoms with Gasteiger partial charge in [-0.3, -0.25) is 0 Å². The lowest BCUT2D eigenvalue weighted by Gasteiger charge is -2.16. The molecular weight excluding hydrogens is 275 g/mol. The van der Waals surface area contributed by atoms with Crippen LogP contribution >= 0.6 is 0 Å². The Hall–Kier alpha value is -1.70. The molecule has 0 bridgehead atoms. The Morgan fingerprint density at radius 1 is 1.48 bits per heavy atom. The van der Waals surface area contributed by atoms with Crippen LogP contribution in [0, 0.1) is 5.82 Å². The first-order valence-electron chi connectivity index (χ1n) is 6.73. The topological polar surface area (TPSA) is 83.1 Å². The second-order valence-corrected chi connectivity index (χ2v) is 4.76. The summed E-state index contributed by atoms with van der Waals surface area (Å²) in [6.07, 6.45) is 0. The highest BCUT2D eigenvalue weighted by molar-refractivity contribution is 5.97. The third-order valence-corrected chi connectivity index (χ3v) is 3.12. The van der Waals surface area contributed by atoms with Crippen LogP contribution in [0.25, 0.3) is 0 Å². The number of ether oxygens (including phenoxy) is 1. The van der Waals surface area contributed by atoms with E-state index in [1.165, 1.54) is 6.07 Å². The van der Waals surface area contributed by atoms with Crippen molar-refractivity contribution < 1.29 is 14.3 Å². The van der Waals surface area contributed by atoms with Crippen LogP contribution in [0.4, 0.5) is 4.39 Å². The van der Waals surface area contributed by atoms with E-state index in [1.54, 1.807) is 19.2 Å². The zero-order valence-corrected chi connectivity index (χ0v) is 12.5. The van der Waals surface area contributed by atoms with Crippen molar-refractivity contribution in [2.24, 2.45) is 10.9 Å². The Balaban J connectivity index is 2.39. The van der Waals surface area contributed by atoms with Crippen molar-refractivity contribution in [3.63, 3.8) is 0 Å². The molecule has 1 aromatic rings. The van der Waals surface area contributed by atoms with Crippen molar-refractivity contribution in [2.75, 3.05) is 40.4 Å². The molecule has 118 valence electrons. The molecule has 1 aromatic carbocycles. The second kappa shape index (κ2) is 9.28. The highest BCUT2D eigenvalue weighted by Gasteiger charge is 2.06. The summed E-state index contributed by atoms with van der Waals surface area (Å²) >= 11 is 0. The molecule has 0 unspecified atom stereocenters. The van der Waals surface area contributed by atoms with Gasteiger partial charge >= 0.3 is 0 Å². The maximum absolute atomic E-state index is 13.8. The largest absolute Gasteiger partial charge is 0.409 e. The lowest BCUT2D eigenvalue weighted by atomic mass is 10.1. The highest BCUT2D eigenvalue weighted by Crippen LogP contribution is 2.10. The number of methoxy groups -OCH3 is 1. The van der Waals surface area contributed by atoms with Gasteiger partial charge in [0.1, 0.15) is 5.82 Å². The molecule has 0 heterocycles. The van der Waals surface area contributed by atoms with E-state index in [2.05, 4.69) is 15.4 Å². The summed E-state index contributed by atoms with van der Waals surface area (Å²) in [7, 11) is 3.68. The molecule has 0 radical (unpaired) electrons. The molecule has 4 N–H and O–H groups in total. The summed E-state index contributed by atoms with van der Waals surface area (Å²) in [6, 6.07) is 4.51. The zero-order chi connectivity index (χ0) is 15.7. The number of amidine groups is 1. The molecule has 21 heavy (non-hydrogen) atoms. The molecule has 6 nitrogen and oxygen atoms in total. The van der Waals surface area contributed by atoms with Gasteiger partial charge in [0.05, 0.1) is 6.61 Å². The maximum atomic E-state index is 13.8. The molecule has 0 atom stereocenters. The number of rotatable bonds is 9. The highest BCUT2D eigenvalue weighted by atomic mass is 19.1. The van der Waals surface area contributed by atoms with Gasteiger partial charge < -0.3 is 25.9 Å². The number of oxime groups is 1. The molecule has 0 saturated carbocycles. The van der Waals surface area contributed by atoms with Gasteiger partial charge in [-0.15, -0.1) is 0 Å². The van der Waals surface area contributed by atoms with Crippen molar-refractivity contribution in [1.82, 2.24) is 10.2 Å². The molecule has 0 aliphatic rings. The average molecular weight is 298 g/mol. The number of halogens is 1. The Labute approximate surface area is 124 Å². The molecular formula is C14H23FN4O2. The molecule has 7 heteroatoms. The summed E-state index contributed by atoms with van der Waals surface area (Å²) in [5.41, 5.74) is 6.31. The summed E-state index contributed by atoms with van der Waals surface area (Å²) in [5.74, 6) is -0.479. The summed E-state index contributed by atoms with van der Waals surface area (Å²) in [5, 5.41) is 14.6. The smallest absolute Gasteiger partial charge is 0.170 e. The van der Waals surface area contributed by atoms with Crippen molar-refractivity contribution in [3.8, 4) is 0 Å². The van der Waals surface area contributed by atoms with E-state index in [9.17, 15) is 4.39 Å². The number of benzene rings is 1. The fourth-order valence-corrected chi connectivity index (χ4v) is 1.76. The van der Waals surface area contributed by atoms with Gasteiger partial charge in [0, 0.05) is 44.4 Å². The molecule has 1 rings (SSSR count). The number of hydrogen-bond acceptors (Lipinski definition) is 5. The molecule has 0 saturated heterocycles. The van der Waals surface area contributed by atoms with Gasteiger partial charge in [0.25, 0.3) is 0 Å². The SMILES string of the molecule is COCCN(C)CCNCc1ccc(C(N)=NO)cc1F. The number of nitrogens with one attached hydrogen (secondary N) is 1. The van der Waals surface area contributed by atoms with Gasteiger partial charge in [-0.1, -0.05) is 17.3 Å². The predicted octanol–water partition coefficient (Wildman–Crippen LogP) is 0.588. The summed E-state index contributed by atoms with van der Waals surface area (Å²) < 4.78 is 18.8. The van der Waals surface area contributed by atoms with Gasteiger partial charge in [-0.05, 0) is 13.1 Å². The quantitative estimate of drug-likeness (QED) is 0.204. The van der Waals surface area contributed by atoms with E-state index in [0.29, 0.717) is 24.3 Å². The fourth-order valence-electron chi connectivity index (χ4n) is 1.76. The van der Waals surface area contributed by atoms with Crippen LogP contribution in [0.3, 0.4) is 0 Å². The molecule has 0 spiro atoms. The molecule has 0 amide bonds. The number of nitrogens with two attached hydrogens (primary N) is 1. The van der Waals surface area contributed by atoms with Gasteiger partial charge in [0.2, 0.25) is 0 Å². The Morgan fingerprint density at radius 2 is 2.24 bits per heavy atom. The minimum absolute atomic E-state index is 0.104. The van der Waals surface area contributed by atoms with Crippen molar-refractivity contribution >= 4 is 5.84 Å². The lowest BCUT2D eigenvalue weighted by molar-refractivity contribution is 0.161. The fraction of sp³-hybridized carbons (Fsp3) is 0.500. The Bertz CT molecular complexity index is 468. The summed E-state index contributed by atoms with van der Waals surface area (Å²) in [6.45, 7) is 3.59. The average Bonchev–Trinajstić information content (AvgIpc) is 2.49. The molecule has 0 aliphatic heterocycles. The predicted molar refractivity (Wildman–Crippen MR) is 80.0 cm³/mol. The number of hydrogen-bond donors (Lipinski definition) is 3. The first-order chi connectivity index (χ1) is 10.1. The second-order valence-electron chi connectivity index (χ2n) is 4.76. The van der Waals surface area contributed by atoms with Crippen LogP contribution in [0.5, 0.6) is 0 Å². The van der Waals surface area contributed by atoms with Crippen molar-refractivity contribution in [1.29, 1.82) is 0 Å². The number of nitrogens with zero attached hydrogens (tertiary/aromatic N) is 2. The van der Waals surface area contributed by atoms with Crippen LogP contribution in [-0.2, 0) is 11.3 Å². The van der Waals surface area contributed by atoms with E-state index < -0.39 is 0 Å². The molecule has 0 fully saturated rings. The van der Waals surface area contributed by atoms with E-state index in [-0.39, 0.29) is 11.7 Å². The molecule has 0 aromatic heterocycles. The van der Waals surface area contributed by atoms with Crippen LogP contribution in [0.15, 0.2) is 23.4 Å². The maximum Gasteiger partial charge on any atom is 0.170 e. The van der Waals surface area contributed by atoms with Crippen molar-refractivity contribution in [2.45, 2.75) is 6.54 Å².